The summed E-state index contributed by atoms with van der Waals surface area (Å²) in [5.41, 5.74) is 0.538. The molecule has 4 atom stereocenters. The molecule has 2 aliphatic heterocycles. The average molecular weight is 469 g/mol. The number of carbonyl (C=O) groups is 1. The number of carbonyl (C=O) groups excluding carboxylic acids is 1. The van der Waals surface area contributed by atoms with Crippen LogP contribution in [0.25, 0.3) is 0 Å². The first-order valence-electron chi connectivity index (χ1n) is 10.3. The zero-order chi connectivity index (χ0) is 22.4. The van der Waals surface area contributed by atoms with Crippen molar-refractivity contribution in [3.63, 3.8) is 0 Å². The van der Waals surface area contributed by atoms with E-state index in [1.54, 1.807) is 24.3 Å². The molecule has 1 amide bonds. The van der Waals surface area contributed by atoms with Gasteiger partial charge in [-0.15, -0.1) is 0 Å². The number of nitrogens with zero attached hydrogens (tertiary/aromatic N) is 1. The van der Waals surface area contributed by atoms with Crippen molar-refractivity contribution in [3.05, 3.63) is 65.0 Å². The number of allylic oxidation sites excluding steroid dienone is 4. The Morgan fingerprint density at radius 3 is 2.90 bits per heavy atom. The second-order valence-corrected chi connectivity index (χ2v) is 8.83. The Bertz CT molecular complexity index is 855. The fourth-order valence-electron chi connectivity index (χ4n) is 4.23. The van der Waals surface area contributed by atoms with E-state index in [9.17, 15) is 9.90 Å². The summed E-state index contributed by atoms with van der Waals surface area (Å²) in [4.78, 5) is 15.2. The summed E-state index contributed by atoms with van der Waals surface area (Å²) in [5.74, 6) is -1.24. The van der Waals surface area contributed by atoms with Crippen LogP contribution in [-0.4, -0.2) is 54.4 Å². The van der Waals surface area contributed by atoms with E-state index >= 15 is 4.39 Å². The fourth-order valence-corrected chi connectivity index (χ4v) is 4.49. The molecule has 2 fully saturated rings. The first-order valence-corrected chi connectivity index (χ1v) is 11.0. The second kappa shape index (κ2) is 11.2. The lowest BCUT2D eigenvalue weighted by Gasteiger charge is -2.31. The lowest BCUT2D eigenvalue weighted by atomic mass is 9.96. The highest BCUT2D eigenvalue weighted by atomic mass is 35.5. The Hall–Kier alpha value is -1.70. The molecule has 5 nitrogen and oxygen atoms in total. The minimum atomic E-state index is -0.777. The van der Waals surface area contributed by atoms with Gasteiger partial charge in [0.15, 0.2) is 0 Å². The number of likely N-dealkylation sites (tertiary alicyclic amines) is 1. The molecular weight excluding hydrogens is 442 g/mol. The summed E-state index contributed by atoms with van der Waals surface area (Å²) < 4.78 is 20.6. The molecule has 31 heavy (non-hydrogen) atoms. The van der Waals surface area contributed by atoms with Crippen LogP contribution >= 0.6 is 23.2 Å². The number of anilines is 1. The van der Waals surface area contributed by atoms with Gasteiger partial charge < -0.3 is 15.2 Å². The highest BCUT2D eigenvalue weighted by Gasteiger charge is 2.47. The van der Waals surface area contributed by atoms with Gasteiger partial charge in [-0.1, -0.05) is 41.9 Å². The zero-order valence-electron chi connectivity index (χ0n) is 17.1. The smallest absolute Gasteiger partial charge is 0.242 e. The molecule has 0 radical (unpaired) electrons. The SMILES string of the molecule is C=C(Cl)/C=C\C=C(/F)C1C[C@H](CO)N(CC2CCOC2)C1C(=O)Nc1cccc(Cl)c1. The van der Waals surface area contributed by atoms with E-state index < -0.39 is 17.8 Å². The molecule has 0 aliphatic carbocycles. The van der Waals surface area contributed by atoms with Crippen LogP contribution in [0.2, 0.25) is 5.02 Å². The monoisotopic (exact) mass is 468 g/mol. The third-order valence-corrected chi connectivity index (χ3v) is 6.05. The van der Waals surface area contributed by atoms with Gasteiger partial charge in [-0.2, -0.15) is 0 Å². The number of rotatable bonds is 8. The molecule has 0 spiro atoms. The maximum absolute atomic E-state index is 15.2. The Morgan fingerprint density at radius 1 is 1.45 bits per heavy atom. The molecule has 3 rings (SSSR count). The Kier molecular flexibility index (Phi) is 8.69. The Balaban J connectivity index is 1.87. The standard InChI is InChI=1S/C23H27Cl2FN2O3/c1-15(24)4-2-7-21(26)20-11-19(13-29)28(12-16-8-9-31-14-16)22(20)23(30)27-18-6-3-5-17(25)10-18/h2-7,10,16,19-20,22,29H,1,8-9,11-14H2,(H,27,30)/b4-2-,21-7-/t16?,19-,20?,22?/m1/s1. The predicted octanol–water partition coefficient (Wildman–Crippen LogP) is 4.53. The van der Waals surface area contributed by atoms with Crippen molar-refractivity contribution in [3.8, 4) is 0 Å². The average Bonchev–Trinajstić information content (AvgIpc) is 3.35. The zero-order valence-corrected chi connectivity index (χ0v) is 18.7. The van der Waals surface area contributed by atoms with Crippen molar-refractivity contribution in [2.45, 2.75) is 24.9 Å². The summed E-state index contributed by atoms with van der Waals surface area (Å²) in [6.45, 7) is 5.20. The lowest BCUT2D eigenvalue weighted by molar-refractivity contribution is -0.122. The number of aliphatic hydroxyl groups is 1. The van der Waals surface area contributed by atoms with Crippen molar-refractivity contribution in [2.24, 2.45) is 11.8 Å². The lowest BCUT2D eigenvalue weighted by Crippen LogP contribution is -2.48. The van der Waals surface area contributed by atoms with Gasteiger partial charge in [0.25, 0.3) is 0 Å². The number of aliphatic hydroxyl groups excluding tert-OH is 1. The van der Waals surface area contributed by atoms with Crippen molar-refractivity contribution in [1.29, 1.82) is 0 Å². The first-order chi connectivity index (χ1) is 14.9. The van der Waals surface area contributed by atoms with Crippen LogP contribution in [0.5, 0.6) is 0 Å². The fraction of sp³-hybridized carbons (Fsp3) is 0.435. The van der Waals surface area contributed by atoms with Crippen LogP contribution < -0.4 is 5.32 Å². The molecule has 1 aromatic carbocycles. The van der Waals surface area contributed by atoms with Gasteiger partial charge in [0, 0.05) is 40.9 Å². The highest BCUT2D eigenvalue weighted by molar-refractivity contribution is 6.31. The van der Waals surface area contributed by atoms with Gasteiger partial charge in [0.1, 0.15) is 5.83 Å². The van der Waals surface area contributed by atoms with Gasteiger partial charge in [-0.3, -0.25) is 9.69 Å². The summed E-state index contributed by atoms with van der Waals surface area (Å²) in [5, 5.41) is 13.6. The molecule has 2 heterocycles. The van der Waals surface area contributed by atoms with Crippen LogP contribution in [0, 0.1) is 11.8 Å². The molecule has 2 aliphatic rings. The van der Waals surface area contributed by atoms with Crippen LogP contribution in [0.4, 0.5) is 10.1 Å². The molecular formula is C23H27Cl2FN2O3. The number of hydrogen-bond donors (Lipinski definition) is 2. The number of benzene rings is 1. The maximum atomic E-state index is 15.2. The van der Waals surface area contributed by atoms with E-state index in [0.29, 0.717) is 36.9 Å². The van der Waals surface area contributed by atoms with E-state index in [0.717, 1.165) is 6.42 Å². The van der Waals surface area contributed by atoms with E-state index in [1.165, 1.54) is 18.2 Å². The molecule has 0 aromatic heterocycles. The van der Waals surface area contributed by atoms with E-state index in [-0.39, 0.29) is 29.5 Å². The molecule has 8 heteroatoms. The quantitative estimate of drug-likeness (QED) is 0.550. The number of ether oxygens (including phenoxy) is 1. The van der Waals surface area contributed by atoms with Crippen LogP contribution in [0.15, 0.2) is 59.9 Å². The van der Waals surface area contributed by atoms with Gasteiger partial charge in [-0.05, 0) is 49.1 Å². The van der Waals surface area contributed by atoms with Crippen molar-refractivity contribution < 1.29 is 19.0 Å². The summed E-state index contributed by atoms with van der Waals surface area (Å²) in [6.07, 6.45) is 5.46. The van der Waals surface area contributed by atoms with E-state index in [4.69, 9.17) is 27.9 Å². The third kappa shape index (κ3) is 6.40. The van der Waals surface area contributed by atoms with Gasteiger partial charge in [-0.25, -0.2) is 4.39 Å². The molecule has 1 aromatic rings. The van der Waals surface area contributed by atoms with Crippen molar-refractivity contribution in [1.82, 2.24) is 4.90 Å². The van der Waals surface area contributed by atoms with Crippen LogP contribution in [0.3, 0.4) is 0 Å². The third-order valence-electron chi connectivity index (χ3n) is 5.68. The number of amides is 1. The van der Waals surface area contributed by atoms with Crippen molar-refractivity contribution >= 4 is 34.8 Å². The number of halogens is 3. The molecule has 2 N–H and O–H groups in total. The molecule has 168 valence electrons. The van der Waals surface area contributed by atoms with Crippen LogP contribution in [-0.2, 0) is 9.53 Å². The number of hydrogen-bond acceptors (Lipinski definition) is 4. The minimum absolute atomic E-state index is 0.160. The number of nitrogens with one attached hydrogen (secondary N) is 1. The minimum Gasteiger partial charge on any atom is -0.395 e. The molecule has 0 bridgehead atoms. The second-order valence-electron chi connectivity index (χ2n) is 7.91. The largest absolute Gasteiger partial charge is 0.395 e. The Labute approximate surface area is 192 Å². The molecule has 0 saturated carbocycles. The van der Waals surface area contributed by atoms with E-state index in [1.807, 2.05) is 4.90 Å². The normalized spacial score (nSPS) is 27.2. The predicted molar refractivity (Wildman–Crippen MR) is 122 cm³/mol. The maximum Gasteiger partial charge on any atom is 0.242 e. The summed E-state index contributed by atoms with van der Waals surface area (Å²) in [7, 11) is 0. The molecule has 3 unspecified atom stereocenters. The topological polar surface area (TPSA) is 61.8 Å². The first kappa shape index (κ1) is 24.0. The van der Waals surface area contributed by atoms with Crippen molar-refractivity contribution in [2.75, 3.05) is 31.7 Å². The highest BCUT2D eigenvalue weighted by Crippen LogP contribution is 2.37. The summed E-state index contributed by atoms with van der Waals surface area (Å²) in [6, 6.07) is 5.71. The van der Waals surface area contributed by atoms with E-state index in [2.05, 4.69) is 11.9 Å². The van der Waals surface area contributed by atoms with Crippen LogP contribution in [0.1, 0.15) is 12.8 Å². The Morgan fingerprint density at radius 2 is 2.26 bits per heavy atom. The molecule has 2 saturated heterocycles. The van der Waals surface area contributed by atoms with Gasteiger partial charge in [0.2, 0.25) is 5.91 Å². The van der Waals surface area contributed by atoms with Gasteiger partial charge >= 0.3 is 0 Å². The summed E-state index contributed by atoms with van der Waals surface area (Å²) >= 11 is 11.7. The van der Waals surface area contributed by atoms with Gasteiger partial charge in [0.05, 0.1) is 19.3 Å².